The highest BCUT2D eigenvalue weighted by Crippen LogP contribution is 2.18. The number of rotatable bonds is 5. The van der Waals surface area contributed by atoms with Crippen molar-refractivity contribution in [3.8, 4) is 0 Å². The summed E-state index contributed by atoms with van der Waals surface area (Å²) in [5, 5.41) is 6.89. The Bertz CT molecular complexity index is 1100. The molecule has 3 aromatic rings. The van der Waals surface area contributed by atoms with Gasteiger partial charge in [-0.2, -0.15) is 4.98 Å². The fourth-order valence-corrected chi connectivity index (χ4v) is 3.54. The summed E-state index contributed by atoms with van der Waals surface area (Å²) in [7, 11) is -0.544. The second-order valence-corrected chi connectivity index (χ2v) is 9.07. The number of carbonyl (C=O) groups excluding carboxylic acids is 1. The number of nitrogens with one attached hydrogen (secondary N) is 1. The second kappa shape index (κ2) is 7.33. The van der Waals surface area contributed by atoms with E-state index in [1.165, 1.54) is 30.7 Å². The van der Waals surface area contributed by atoms with Gasteiger partial charge in [0.05, 0.1) is 15.4 Å². The van der Waals surface area contributed by atoms with Crippen molar-refractivity contribution in [2.75, 3.05) is 14.1 Å². The summed E-state index contributed by atoms with van der Waals surface area (Å²) in [4.78, 5) is 20.8. The van der Waals surface area contributed by atoms with E-state index in [-0.39, 0.29) is 16.8 Å². The number of halogens is 1. The average Bonchev–Trinajstić information content (AvgIpc) is 3.05. The molecule has 0 fully saturated rings. The van der Waals surface area contributed by atoms with Gasteiger partial charge < -0.3 is 5.32 Å². The number of sulfonamides is 1. The van der Waals surface area contributed by atoms with Crippen molar-refractivity contribution >= 4 is 37.6 Å². The predicted molar refractivity (Wildman–Crippen MR) is 102 cm³/mol. The van der Waals surface area contributed by atoms with Crippen molar-refractivity contribution in [1.29, 1.82) is 0 Å². The van der Waals surface area contributed by atoms with Gasteiger partial charge in [-0.15, -0.1) is 5.10 Å². The minimum atomic E-state index is -3.49. The molecule has 2 heterocycles. The number of benzene rings is 1. The van der Waals surface area contributed by atoms with Crippen LogP contribution in [0.2, 0.25) is 0 Å². The van der Waals surface area contributed by atoms with Crippen molar-refractivity contribution < 1.29 is 13.2 Å². The molecule has 2 aromatic heterocycles. The molecule has 0 aliphatic carbocycles. The SMILES string of the molecule is C[C@H](NC(=O)c1nc2ncc(Br)cn2n1)c1ccc(S(=O)(=O)N(C)C)cc1. The molecule has 0 aliphatic heterocycles. The predicted octanol–water partition coefficient (Wildman–Crippen LogP) is 1.63. The molecule has 1 N–H and O–H groups in total. The largest absolute Gasteiger partial charge is 0.343 e. The van der Waals surface area contributed by atoms with Gasteiger partial charge in [0.2, 0.25) is 15.8 Å². The van der Waals surface area contributed by atoms with Crippen LogP contribution in [0.15, 0.2) is 46.0 Å². The minimum Gasteiger partial charge on any atom is -0.343 e. The first-order valence-electron chi connectivity index (χ1n) is 7.90. The molecule has 0 unspecified atom stereocenters. The standard InChI is InChI=1S/C16H17BrN6O3S/c1-10(11-4-6-13(7-5-11)27(25,26)22(2)3)19-15(24)14-20-16-18-8-12(17)9-23(16)21-14/h4-10H,1-3H3,(H,19,24)/t10-/m0/s1. The number of carbonyl (C=O) groups is 1. The molecule has 0 aliphatic rings. The summed E-state index contributed by atoms with van der Waals surface area (Å²) in [6.45, 7) is 1.79. The zero-order chi connectivity index (χ0) is 19.8. The summed E-state index contributed by atoms with van der Waals surface area (Å²) < 4.78 is 27.5. The van der Waals surface area contributed by atoms with Gasteiger partial charge in [-0.1, -0.05) is 12.1 Å². The second-order valence-electron chi connectivity index (χ2n) is 6.00. The van der Waals surface area contributed by atoms with E-state index in [0.29, 0.717) is 10.3 Å². The van der Waals surface area contributed by atoms with Crippen LogP contribution in [-0.2, 0) is 10.0 Å². The van der Waals surface area contributed by atoms with Crippen molar-refractivity contribution in [1.82, 2.24) is 29.2 Å². The molecule has 1 aromatic carbocycles. The number of hydrogen-bond donors (Lipinski definition) is 1. The van der Waals surface area contributed by atoms with Gasteiger partial charge in [-0.3, -0.25) is 4.79 Å². The highest BCUT2D eigenvalue weighted by atomic mass is 79.9. The van der Waals surface area contributed by atoms with Crippen LogP contribution in [-0.4, -0.2) is 52.3 Å². The smallest absolute Gasteiger partial charge is 0.291 e. The lowest BCUT2D eigenvalue weighted by Crippen LogP contribution is -2.28. The molecule has 1 amide bonds. The van der Waals surface area contributed by atoms with Crippen molar-refractivity contribution in [2.45, 2.75) is 17.9 Å². The van der Waals surface area contributed by atoms with Gasteiger partial charge in [0.1, 0.15) is 0 Å². The number of aromatic nitrogens is 4. The summed E-state index contributed by atoms with van der Waals surface area (Å²) in [6, 6.07) is 5.99. The molecular weight excluding hydrogens is 436 g/mol. The third-order valence-corrected chi connectivity index (χ3v) is 6.11. The number of amides is 1. The highest BCUT2D eigenvalue weighted by molar-refractivity contribution is 9.10. The van der Waals surface area contributed by atoms with E-state index in [2.05, 4.69) is 36.3 Å². The molecule has 27 heavy (non-hydrogen) atoms. The maximum absolute atomic E-state index is 12.4. The van der Waals surface area contributed by atoms with Crippen molar-refractivity contribution in [3.05, 3.63) is 52.5 Å². The minimum absolute atomic E-state index is 0.000689. The maximum Gasteiger partial charge on any atom is 0.291 e. The first-order chi connectivity index (χ1) is 12.7. The van der Waals surface area contributed by atoms with Crippen LogP contribution in [0.25, 0.3) is 5.78 Å². The molecular formula is C16H17BrN6O3S. The van der Waals surface area contributed by atoms with Gasteiger partial charge in [-0.05, 0) is 40.5 Å². The number of fused-ring (bicyclic) bond motifs is 1. The molecule has 0 spiro atoms. The lowest BCUT2D eigenvalue weighted by Gasteiger charge is -2.15. The van der Waals surface area contributed by atoms with E-state index in [4.69, 9.17) is 0 Å². The first kappa shape index (κ1) is 19.4. The lowest BCUT2D eigenvalue weighted by molar-refractivity contribution is 0.0929. The van der Waals surface area contributed by atoms with Gasteiger partial charge in [0, 0.05) is 26.5 Å². The Hall–Kier alpha value is -2.37. The highest BCUT2D eigenvalue weighted by Gasteiger charge is 2.19. The third-order valence-electron chi connectivity index (χ3n) is 3.87. The summed E-state index contributed by atoms with van der Waals surface area (Å²) >= 11 is 3.28. The summed E-state index contributed by atoms with van der Waals surface area (Å²) in [5.74, 6) is -0.136. The molecule has 142 valence electrons. The van der Waals surface area contributed by atoms with E-state index in [1.54, 1.807) is 31.5 Å². The fourth-order valence-electron chi connectivity index (χ4n) is 2.34. The van der Waals surface area contributed by atoms with E-state index in [1.807, 2.05) is 0 Å². The zero-order valence-corrected chi connectivity index (χ0v) is 17.2. The van der Waals surface area contributed by atoms with Gasteiger partial charge in [-0.25, -0.2) is 22.2 Å². The molecule has 0 saturated carbocycles. The van der Waals surface area contributed by atoms with Crippen molar-refractivity contribution in [3.63, 3.8) is 0 Å². The van der Waals surface area contributed by atoms with Crippen LogP contribution in [0.4, 0.5) is 0 Å². The zero-order valence-electron chi connectivity index (χ0n) is 14.8. The maximum atomic E-state index is 12.4. The van der Waals surface area contributed by atoms with Crippen LogP contribution in [0, 0.1) is 0 Å². The molecule has 1 atom stereocenters. The Labute approximate surface area is 164 Å². The molecule has 9 nitrogen and oxygen atoms in total. The Morgan fingerprint density at radius 1 is 1.26 bits per heavy atom. The molecule has 3 rings (SSSR count). The number of hydrogen-bond acceptors (Lipinski definition) is 6. The Morgan fingerprint density at radius 3 is 2.56 bits per heavy atom. The normalized spacial score (nSPS) is 13.1. The van der Waals surface area contributed by atoms with Crippen LogP contribution >= 0.6 is 15.9 Å². The first-order valence-corrected chi connectivity index (χ1v) is 10.1. The monoisotopic (exact) mass is 452 g/mol. The quantitative estimate of drug-likeness (QED) is 0.629. The Kier molecular flexibility index (Phi) is 5.27. The van der Waals surface area contributed by atoms with Gasteiger partial charge >= 0.3 is 0 Å². The van der Waals surface area contributed by atoms with Crippen molar-refractivity contribution in [2.24, 2.45) is 0 Å². The van der Waals surface area contributed by atoms with E-state index < -0.39 is 15.9 Å². The van der Waals surface area contributed by atoms with Crippen LogP contribution in [0.5, 0.6) is 0 Å². The summed E-state index contributed by atoms with van der Waals surface area (Å²) in [6.07, 6.45) is 3.22. The third kappa shape index (κ3) is 3.99. The van der Waals surface area contributed by atoms with Gasteiger partial charge in [0.25, 0.3) is 11.7 Å². The topological polar surface area (TPSA) is 110 Å². The molecule has 0 radical (unpaired) electrons. The van der Waals surface area contributed by atoms with Crippen LogP contribution in [0.3, 0.4) is 0 Å². The van der Waals surface area contributed by atoms with Gasteiger partial charge in [0.15, 0.2) is 0 Å². The van der Waals surface area contributed by atoms with E-state index in [0.717, 1.165) is 9.87 Å². The number of nitrogens with zero attached hydrogens (tertiary/aromatic N) is 5. The Balaban J connectivity index is 1.76. The molecule has 11 heteroatoms. The summed E-state index contributed by atoms with van der Waals surface area (Å²) in [5.41, 5.74) is 0.755. The molecule has 0 saturated heterocycles. The Morgan fingerprint density at radius 2 is 1.93 bits per heavy atom. The average molecular weight is 453 g/mol. The van der Waals surface area contributed by atoms with E-state index in [9.17, 15) is 13.2 Å². The lowest BCUT2D eigenvalue weighted by atomic mass is 10.1. The fraction of sp³-hybridized carbons (Fsp3) is 0.250. The van der Waals surface area contributed by atoms with Crippen LogP contribution < -0.4 is 5.32 Å². The van der Waals surface area contributed by atoms with Crippen LogP contribution in [0.1, 0.15) is 29.1 Å². The molecule has 0 bridgehead atoms. The van der Waals surface area contributed by atoms with E-state index >= 15 is 0 Å².